The third-order valence-electron chi connectivity index (χ3n) is 5.00. The SMILES string of the molecule is COC(=O)/C=C/c1ccc2c(c1)C(=O)CC1(CN(Cc3ccccc3)C1)O2. The number of carbonyl (C=O) groups excluding carboxylic acids is 2. The zero-order chi connectivity index (χ0) is 18.9. The lowest BCUT2D eigenvalue weighted by molar-refractivity contribution is -0.134. The van der Waals surface area contributed by atoms with Gasteiger partial charge in [-0.3, -0.25) is 9.69 Å². The fraction of sp³-hybridized carbons (Fsp3) is 0.273. The van der Waals surface area contributed by atoms with Crippen LogP contribution in [-0.2, 0) is 16.1 Å². The molecule has 2 aliphatic heterocycles. The highest BCUT2D eigenvalue weighted by molar-refractivity contribution is 6.01. The van der Waals surface area contributed by atoms with Crippen LogP contribution in [0.15, 0.2) is 54.6 Å². The van der Waals surface area contributed by atoms with Crippen LogP contribution in [0, 0.1) is 0 Å². The Bertz CT molecular complexity index is 898. The number of ketones is 1. The molecule has 138 valence electrons. The van der Waals surface area contributed by atoms with Gasteiger partial charge in [-0.15, -0.1) is 0 Å². The van der Waals surface area contributed by atoms with Gasteiger partial charge in [0.25, 0.3) is 0 Å². The maximum atomic E-state index is 12.7. The molecule has 2 aromatic carbocycles. The van der Waals surface area contributed by atoms with Gasteiger partial charge in [0.2, 0.25) is 0 Å². The van der Waals surface area contributed by atoms with Crippen LogP contribution in [0.3, 0.4) is 0 Å². The Morgan fingerprint density at radius 1 is 1.22 bits per heavy atom. The highest BCUT2D eigenvalue weighted by Gasteiger charge is 2.49. The molecule has 0 aromatic heterocycles. The molecule has 0 N–H and O–H groups in total. The molecule has 5 heteroatoms. The van der Waals surface area contributed by atoms with Crippen LogP contribution in [0.1, 0.15) is 27.9 Å². The summed E-state index contributed by atoms with van der Waals surface area (Å²) < 4.78 is 10.8. The first-order chi connectivity index (χ1) is 13.1. The lowest BCUT2D eigenvalue weighted by Crippen LogP contribution is -2.66. The molecule has 5 nitrogen and oxygen atoms in total. The van der Waals surface area contributed by atoms with E-state index in [0.29, 0.717) is 17.7 Å². The Morgan fingerprint density at radius 2 is 2.00 bits per heavy atom. The summed E-state index contributed by atoms with van der Waals surface area (Å²) in [6.07, 6.45) is 3.36. The zero-order valence-electron chi connectivity index (χ0n) is 15.2. The van der Waals surface area contributed by atoms with Gasteiger partial charge in [-0.1, -0.05) is 36.4 Å². The number of hydrogen-bond acceptors (Lipinski definition) is 5. The van der Waals surface area contributed by atoms with Crippen LogP contribution in [0.5, 0.6) is 5.75 Å². The highest BCUT2D eigenvalue weighted by Crippen LogP contribution is 2.39. The largest absolute Gasteiger partial charge is 0.483 e. The third kappa shape index (κ3) is 3.64. The molecule has 1 fully saturated rings. The van der Waals surface area contributed by atoms with Crippen molar-refractivity contribution in [3.63, 3.8) is 0 Å². The molecule has 27 heavy (non-hydrogen) atoms. The molecule has 0 aliphatic carbocycles. The Morgan fingerprint density at radius 3 is 2.74 bits per heavy atom. The summed E-state index contributed by atoms with van der Waals surface area (Å²) in [7, 11) is 1.33. The standard InChI is InChI=1S/C22H21NO4/c1-26-21(25)10-8-16-7-9-20-18(11-16)19(24)12-22(27-20)14-23(15-22)13-17-5-3-2-4-6-17/h2-11H,12-15H2,1H3/b10-8+. The quantitative estimate of drug-likeness (QED) is 0.617. The van der Waals surface area contributed by atoms with Crippen molar-refractivity contribution in [2.45, 2.75) is 18.6 Å². The number of fused-ring (bicyclic) bond motifs is 1. The monoisotopic (exact) mass is 363 g/mol. The van der Waals surface area contributed by atoms with E-state index in [9.17, 15) is 9.59 Å². The molecule has 0 atom stereocenters. The van der Waals surface area contributed by atoms with Gasteiger partial charge in [0.05, 0.1) is 19.1 Å². The first-order valence-corrected chi connectivity index (χ1v) is 8.95. The summed E-state index contributed by atoms with van der Waals surface area (Å²) >= 11 is 0. The number of methoxy groups -OCH3 is 1. The van der Waals surface area contributed by atoms with E-state index < -0.39 is 11.6 Å². The van der Waals surface area contributed by atoms with E-state index in [1.807, 2.05) is 30.3 Å². The average Bonchev–Trinajstić information content (AvgIpc) is 2.66. The first kappa shape index (κ1) is 17.5. The summed E-state index contributed by atoms with van der Waals surface area (Å²) in [6.45, 7) is 2.36. The lowest BCUT2D eigenvalue weighted by Gasteiger charge is -2.51. The van der Waals surface area contributed by atoms with Crippen LogP contribution in [0.25, 0.3) is 6.08 Å². The fourth-order valence-corrected chi connectivity index (χ4v) is 3.75. The number of likely N-dealkylation sites (tertiary alicyclic amines) is 1. The van der Waals surface area contributed by atoms with Gasteiger partial charge >= 0.3 is 5.97 Å². The van der Waals surface area contributed by atoms with Crippen molar-refractivity contribution < 1.29 is 19.1 Å². The maximum absolute atomic E-state index is 12.7. The summed E-state index contributed by atoms with van der Waals surface area (Å²) in [5, 5.41) is 0. The number of nitrogens with zero attached hydrogens (tertiary/aromatic N) is 1. The zero-order valence-corrected chi connectivity index (χ0v) is 15.2. The van der Waals surface area contributed by atoms with Crippen molar-refractivity contribution in [3.8, 4) is 5.75 Å². The normalized spacial score (nSPS) is 18.0. The number of benzene rings is 2. The van der Waals surface area contributed by atoms with E-state index >= 15 is 0 Å². The molecule has 2 aromatic rings. The molecular weight excluding hydrogens is 342 g/mol. The predicted molar refractivity (Wildman–Crippen MR) is 102 cm³/mol. The van der Waals surface area contributed by atoms with Gasteiger partial charge in [0.1, 0.15) is 11.4 Å². The Kier molecular flexibility index (Phi) is 4.54. The smallest absolute Gasteiger partial charge is 0.330 e. The molecule has 0 saturated carbocycles. The van der Waals surface area contributed by atoms with E-state index in [-0.39, 0.29) is 5.78 Å². The van der Waals surface area contributed by atoms with Gasteiger partial charge in [0, 0.05) is 25.7 Å². The number of ether oxygens (including phenoxy) is 2. The molecule has 0 amide bonds. The van der Waals surface area contributed by atoms with Crippen molar-refractivity contribution in [1.82, 2.24) is 4.90 Å². The minimum atomic E-state index is -0.428. The summed E-state index contributed by atoms with van der Waals surface area (Å²) in [5.41, 5.74) is 2.19. The lowest BCUT2D eigenvalue weighted by atomic mass is 9.83. The summed E-state index contributed by atoms with van der Waals surface area (Å²) in [5.74, 6) is 0.284. The van der Waals surface area contributed by atoms with Gasteiger partial charge in [0.15, 0.2) is 5.78 Å². The molecule has 0 unspecified atom stereocenters. The van der Waals surface area contributed by atoms with Crippen molar-refractivity contribution in [2.75, 3.05) is 20.2 Å². The molecule has 2 heterocycles. The minimum absolute atomic E-state index is 0.0870. The summed E-state index contributed by atoms with van der Waals surface area (Å²) in [6, 6.07) is 15.7. The van der Waals surface area contributed by atoms with Gasteiger partial charge in [-0.25, -0.2) is 4.79 Å². The molecular formula is C22H21NO4. The van der Waals surface area contributed by atoms with Crippen LogP contribution < -0.4 is 4.74 Å². The molecule has 1 saturated heterocycles. The Balaban J connectivity index is 1.44. The third-order valence-corrected chi connectivity index (χ3v) is 5.00. The van der Waals surface area contributed by atoms with E-state index in [4.69, 9.17) is 4.74 Å². The summed E-state index contributed by atoms with van der Waals surface area (Å²) in [4.78, 5) is 26.2. The first-order valence-electron chi connectivity index (χ1n) is 8.95. The van der Waals surface area contributed by atoms with Gasteiger partial charge in [-0.05, 0) is 29.3 Å². The number of Topliss-reactive ketones (excluding diaryl/α,β-unsaturated/α-hetero) is 1. The molecule has 2 aliphatic rings. The molecule has 1 spiro atoms. The Labute approximate surface area is 158 Å². The van der Waals surface area contributed by atoms with Crippen LogP contribution >= 0.6 is 0 Å². The van der Waals surface area contributed by atoms with E-state index in [2.05, 4.69) is 21.8 Å². The second-order valence-corrected chi connectivity index (χ2v) is 7.13. The molecule has 0 bridgehead atoms. The number of rotatable bonds is 4. The van der Waals surface area contributed by atoms with Gasteiger partial charge < -0.3 is 9.47 Å². The average molecular weight is 363 g/mol. The molecule has 0 radical (unpaired) electrons. The van der Waals surface area contributed by atoms with Crippen molar-refractivity contribution in [1.29, 1.82) is 0 Å². The van der Waals surface area contributed by atoms with Crippen LogP contribution in [-0.4, -0.2) is 42.5 Å². The highest BCUT2D eigenvalue weighted by atomic mass is 16.5. The van der Waals surface area contributed by atoms with E-state index in [0.717, 1.165) is 25.2 Å². The van der Waals surface area contributed by atoms with Crippen molar-refractivity contribution in [3.05, 3.63) is 71.3 Å². The van der Waals surface area contributed by atoms with E-state index in [1.165, 1.54) is 18.7 Å². The number of carbonyl (C=O) groups is 2. The molecule has 4 rings (SSSR count). The van der Waals surface area contributed by atoms with Crippen molar-refractivity contribution in [2.24, 2.45) is 0 Å². The van der Waals surface area contributed by atoms with Gasteiger partial charge in [-0.2, -0.15) is 0 Å². The Hall–Kier alpha value is -2.92. The van der Waals surface area contributed by atoms with Crippen LogP contribution in [0.4, 0.5) is 0 Å². The number of esters is 1. The topological polar surface area (TPSA) is 55.8 Å². The number of hydrogen-bond donors (Lipinski definition) is 0. The van der Waals surface area contributed by atoms with E-state index in [1.54, 1.807) is 12.1 Å². The van der Waals surface area contributed by atoms with Crippen LogP contribution in [0.2, 0.25) is 0 Å². The predicted octanol–water partition coefficient (Wildman–Crippen LogP) is 3.09. The minimum Gasteiger partial charge on any atom is -0.483 e. The fourth-order valence-electron chi connectivity index (χ4n) is 3.75. The van der Waals surface area contributed by atoms with Crippen molar-refractivity contribution >= 4 is 17.8 Å². The second kappa shape index (κ2) is 7.00. The second-order valence-electron chi connectivity index (χ2n) is 7.13. The maximum Gasteiger partial charge on any atom is 0.330 e.